The first-order valence-corrected chi connectivity index (χ1v) is 8.68. The summed E-state index contributed by atoms with van der Waals surface area (Å²) in [5.74, 6) is -2.97. The number of allylic oxidation sites excluding steroid dienone is 2. The molecule has 0 aliphatic heterocycles. The molecule has 1 heterocycles. The summed E-state index contributed by atoms with van der Waals surface area (Å²) in [5, 5.41) is 16.8. The number of aliphatic carboxylic acids is 1. The fourth-order valence-electron chi connectivity index (χ4n) is 2.65. The number of carboxylic acid groups (broad SMARTS) is 1. The van der Waals surface area contributed by atoms with Crippen molar-refractivity contribution < 1.29 is 14.7 Å². The van der Waals surface area contributed by atoms with E-state index in [1.807, 2.05) is 23.6 Å². The Hall–Kier alpha value is -2.18. The van der Waals surface area contributed by atoms with E-state index in [9.17, 15) is 14.7 Å². The number of thiazole rings is 1. The van der Waals surface area contributed by atoms with E-state index in [0.717, 1.165) is 11.3 Å². The van der Waals surface area contributed by atoms with E-state index < -0.39 is 17.8 Å². The number of carboxylic acids is 1. The van der Waals surface area contributed by atoms with E-state index in [2.05, 4.69) is 10.3 Å². The van der Waals surface area contributed by atoms with Crippen LogP contribution in [0.2, 0.25) is 5.02 Å². The Morgan fingerprint density at radius 1 is 1.17 bits per heavy atom. The first kappa shape index (κ1) is 16.7. The van der Waals surface area contributed by atoms with Crippen LogP contribution in [-0.4, -0.2) is 16.9 Å². The maximum atomic E-state index is 12.4. The summed E-state index contributed by atoms with van der Waals surface area (Å²) in [6, 6.07) is 7.24. The number of hydrogen-bond donors (Lipinski definition) is 1. The minimum atomic E-state index is -1.19. The minimum absolute atomic E-state index is 0.314. The second kappa shape index (κ2) is 7.15. The lowest BCUT2D eigenvalue weighted by Crippen LogP contribution is -2.41. The molecule has 0 spiro atoms. The van der Waals surface area contributed by atoms with Gasteiger partial charge in [0, 0.05) is 27.9 Å². The smallest absolute Gasteiger partial charge is 0.230 e. The molecule has 3 rings (SSSR count). The zero-order chi connectivity index (χ0) is 17.1. The molecule has 0 unspecified atom stereocenters. The molecule has 7 heteroatoms. The zero-order valence-electron chi connectivity index (χ0n) is 12.6. The van der Waals surface area contributed by atoms with Crippen molar-refractivity contribution in [1.29, 1.82) is 0 Å². The van der Waals surface area contributed by atoms with Crippen molar-refractivity contribution in [2.24, 2.45) is 11.8 Å². The van der Waals surface area contributed by atoms with Crippen LogP contribution in [0.25, 0.3) is 11.3 Å². The van der Waals surface area contributed by atoms with Gasteiger partial charge in [0.2, 0.25) is 5.91 Å². The summed E-state index contributed by atoms with van der Waals surface area (Å²) in [5.41, 5.74) is 1.62. The standard InChI is InChI=1S/C17H15ClN2O3S/c18-11-7-5-10(6-8-11)14-9-24-17(19-14)20-15(21)12-3-1-2-4-13(12)16(22)23/h1-2,5-9,12-13H,3-4H2,(H,22,23)(H,19,20,21)/p-1/t12-,13-/m0/s1. The van der Waals surface area contributed by atoms with Crippen LogP contribution in [0.5, 0.6) is 0 Å². The molecular weight excluding hydrogens is 348 g/mol. The maximum absolute atomic E-state index is 12.4. The van der Waals surface area contributed by atoms with Gasteiger partial charge in [-0.05, 0) is 25.0 Å². The quantitative estimate of drug-likeness (QED) is 0.849. The maximum Gasteiger partial charge on any atom is 0.230 e. The molecule has 24 heavy (non-hydrogen) atoms. The van der Waals surface area contributed by atoms with Crippen LogP contribution in [-0.2, 0) is 9.59 Å². The molecule has 1 aliphatic rings. The van der Waals surface area contributed by atoms with Gasteiger partial charge in [0.05, 0.1) is 11.6 Å². The zero-order valence-corrected chi connectivity index (χ0v) is 14.1. The molecular formula is C17H14ClN2O3S-. The highest BCUT2D eigenvalue weighted by molar-refractivity contribution is 7.14. The number of aromatic nitrogens is 1. The Balaban J connectivity index is 1.72. The molecule has 5 nitrogen and oxygen atoms in total. The number of nitrogens with one attached hydrogen (secondary N) is 1. The number of anilines is 1. The molecule has 1 amide bonds. The Bertz CT molecular complexity index is 785. The summed E-state index contributed by atoms with van der Waals surface area (Å²) in [4.78, 5) is 28.0. The number of hydrogen-bond acceptors (Lipinski definition) is 5. The van der Waals surface area contributed by atoms with E-state index in [0.29, 0.717) is 23.0 Å². The lowest BCUT2D eigenvalue weighted by molar-refractivity contribution is -0.313. The summed E-state index contributed by atoms with van der Waals surface area (Å²) >= 11 is 7.16. The van der Waals surface area contributed by atoms with Crippen molar-refractivity contribution in [3.63, 3.8) is 0 Å². The predicted octanol–water partition coefficient (Wildman–Crippen LogP) is 2.73. The Morgan fingerprint density at radius 3 is 2.50 bits per heavy atom. The SMILES string of the molecule is O=C([O-])[C@H]1CC=CC[C@@H]1C(=O)Nc1nc(-c2ccc(Cl)cc2)cs1. The van der Waals surface area contributed by atoms with E-state index >= 15 is 0 Å². The van der Waals surface area contributed by atoms with Gasteiger partial charge in [-0.15, -0.1) is 11.3 Å². The molecule has 2 aromatic rings. The van der Waals surface area contributed by atoms with Gasteiger partial charge >= 0.3 is 0 Å². The number of rotatable bonds is 4. The second-order valence-electron chi connectivity index (χ2n) is 5.51. The third-order valence-corrected chi connectivity index (χ3v) is 4.96. The Kier molecular flexibility index (Phi) is 4.97. The highest BCUT2D eigenvalue weighted by Gasteiger charge is 2.30. The average molecular weight is 362 g/mol. The Morgan fingerprint density at radius 2 is 1.83 bits per heavy atom. The van der Waals surface area contributed by atoms with Crippen molar-refractivity contribution in [1.82, 2.24) is 4.98 Å². The molecule has 124 valence electrons. The van der Waals surface area contributed by atoms with Crippen LogP contribution < -0.4 is 10.4 Å². The van der Waals surface area contributed by atoms with Crippen LogP contribution in [0.4, 0.5) is 5.13 Å². The molecule has 0 bridgehead atoms. The van der Waals surface area contributed by atoms with E-state index in [4.69, 9.17) is 11.6 Å². The summed E-state index contributed by atoms with van der Waals surface area (Å²) in [6.45, 7) is 0. The lowest BCUT2D eigenvalue weighted by atomic mass is 9.82. The molecule has 1 aromatic heterocycles. The van der Waals surface area contributed by atoms with Crippen LogP contribution in [0.3, 0.4) is 0 Å². The van der Waals surface area contributed by atoms with Gasteiger partial charge in [-0.1, -0.05) is 35.9 Å². The van der Waals surface area contributed by atoms with Gasteiger partial charge in [-0.25, -0.2) is 4.98 Å². The lowest BCUT2D eigenvalue weighted by Gasteiger charge is -2.27. The number of carbonyl (C=O) groups is 2. The van der Waals surface area contributed by atoms with E-state index in [1.54, 1.807) is 18.2 Å². The molecule has 0 radical (unpaired) electrons. The van der Waals surface area contributed by atoms with Crippen molar-refractivity contribution in [3.05, 3.63) is 46.8 Å². The van der Waals surface area contributed by atoms with E-state index in [-0.39, 0.29) is 5.91 Å². The normalized spacial score (nSPS) is 19.9. The van der Waals surface area contributed by atoms with Gasteiger partial charge < -0.3 is 15.2 Å². The summed E-state index contributed by atoms with van der Waals surface area (Å²) in [7, 11) is 0. The molecule has 1 aromatic carbocycles. The molecule has 1 aliphatic carbocycles. The third kappa shape index (κ3) is 3.66. The minimum Gasteiger partial charge on any atom is -0.550 e. The fraction of sp³-hybridized carbons (Fsp3) is 0.235. The van der Waals surface area contributed by atoms with Crippen LogP contribution in [0.15, 0.2) is 41.8 Å². The molecule has 0 saturated carbocycles. The number of nitrogens with zero attached hydrogens (tertiary/aromatic N) is 1. The van der Waals surface area contributed by atoms with Crippen molar-refractivity contribution in [2.45, 2.75) is 12.8 Å². The van der Waals surface area contributed by atoms with Crippen LogP contribution in [0.1, 0.15) is 12.8 Å². The van der Waals surface area contributed by atoms with Crippen LogP contribution >= 0.6 is 22.9 Å². The number of amides is 1. The topological polar surface area (TPSA) is 82.1 Å². The first-order valence-electron chi connectivity index (χ1n) is 7.43. The van der Waals surface area contributed by atoms with Crippen molar-refractivity contribution in [2.75, 3.05) is 5.32 Å². The molecule has 2 atom stereocenters. The van der Waals surface area contributed by atoms with Crippen LogP contribution in [0, 0.1) is 11.8 Å². The largest absolute Gasteiger partial charge is 0.550 e. The van der Waals surface area contributed by atoms with Gasteiger partial charge in [-0.2, -0.15) is 0 Å². The average Bonchev–Trinajstić information content (AvgIpc) is 3.04. The highest BCUT2D eigenvalue weighted by atomic mass is 35.5. The summed E-state index contributed by atoms with van der Waals surface area (Å²) < 4.78 is 0. The Labute approximate surface area is 148 Å². The van der Waals surface area contributed by atoms with Gasteiger partial charge in [-0.3, -0.25) is 4.79 Å². The second-order valence-corrected chi connectivity index (χ2v) is 6.80. The molecule has 1 N–H and O–H groups in total. The number of halogens is 1. The summed E-state index contributed by atoms with van der Waals surface area (Å²) in [6.07, 6.45) is 4.30. The molecule has 0 saturated heterocycles. The highest BCUT2D eigenvalue weighted by Crippen LogP contribution is 2.29. The fourth-order valence-corrected chi connectivity index (χ4v) is 3.50. The number of benzene rings is 1. The van der Waals surface area contributed by atoms with Gasteiger partial charge in [0.15, 0.2) is 5.13 Å². The van der Waals surface area contributed by atoms with E-state index in [1.165, 1.54) is 11.3 Å². The predicted molar refractivity (Wildman–Crippen MR) is 91.6 cm³/mol. The molecule has 0 fully saturated rings. The first-order chi connectivity index (χ1) is 11.5. The van der Waals surface area contributed by atoms with Gasteiger partial charge in [0.1, 0.15) is 0 Å². The van der Waals surface area contributed by atoms with Gasteiger partial charge in [0.25, 0.3) is 0 Å². The van der Waals surface area contributed by atoms with Crippen molar-refractivity contribution >= 4 is 39.9 Å². The monoisotopic (exact) mass is 361 g/mol. The number of carbonyl (C=O) groups excluding carboxylic acids is 2. The van der Waals surface area contributed by atoms with Crippen molar-refractivity contribution in [3.8, 4) is 11.3 Å². The third-order valence-electron chi connectivity index (χ3n) is 3.95.